The van der Waals surface area contributed by atoms with Gasteiger partial charge in [0.15, 0.2) is 11.6 Å². The number of anilines is 5. The maximum Gasteiger partial charge on any atom is 0.230 e. The van der Waals surface area contributed by atoms with Crippen LogP contribution in [0.4, 0.5) is 33.5 Å². The first-order valence-corrected chi connectivity index (χ1v) is 10.9. The SMILES string of the molecule is Cc1nc(Nc2ncc(N3CCNC(C)C3)c(Nc3cnn(C)n3)n2)cc(C2CC2)c1F.Cl.Cl. The van der Waals surface area contributed by atoms with Gasteiger partial charge < -0.3 is 20.9 Å². The molecule has 0 amide bonds. The summed E-state index contributed by atoms with van der Waals surface area (Å²) in [7, 11) is 1.76. The third-order valence-electron chi connectivity index (χ3n) is 5.73. The third kappa shape index (κ3) is 5.65. The summed E-state index contributed by atoms with van der Waals surface area (Å²) in [6.07, 6.45) is 5.47. The lowest BCUT2D eigenvalue weighted by Crippen LogP contribution is -2.49. The van der Waals surface area contributed by atoms with Crippen molar-refractivity contribution in [3.8, 4) is 0 Å². The van der Waals surface area contributed by atoms with E-state index in [4.69, 9.17) is 4.98 Å². The number of piperazine rings is 1. The van der Waals surface area contributed by atoms with E-state index in [2.05, 4.69) is 47.9 Å². The quantitative estimate of drug-likeness (QED) is 0.459. The highest BCUT2D eigenvalue weighted by atomic mass is 35.5. The Bertz CT molecular complexity index is 1140. The molecular weight excluding hydrogens is 482 g/mol. The lowest BCUT2D eigenvalue weighted by atomic mass is 10.1. The van der Waals surface area contributed by atoms with Gasteiger partial charge in [-0.25, -0.2) is 14.4 Å². The van der Waals surface area contributed by atoms with Crippen molar-refractivity contribution in [3.05, 3.63) is 35.5 Å². The lowest BCUT2D eigenvalue weighted by molar-refractivity contribution is 0.484. The Morgan fingerprint density at radius 2 is 1.91 bits per heavy atom. The molecule has 10 nitrogen and oxygen atoms in total. The second-order valence-electron chi connectivity index (χ2n) is 8.47. The maximum atomic E-state index is 14.5. The average molecular weight is 511 g/mol. The molecule has 0 aromatic carbocycles. The normalized spacial score (nSPS) is 17.5. The molecule has 1 saturated carbocycles. The predicted octanol–water partition coefficient (Wildman–Crippen LogP) is 3.45. The molecule has 0 bridgehead atoms. The van der Waals surface area contributed by atoms with Crippen LogP contribution < -0.4 is 20.9 Å². The van der Waals surface area contributed by atoms with Crippen LogP contribution in [0.1, 0.15) is 36.9 Å². The highest BCUT2D eigenvalue weighted by molar-refractivity contribution is 5.85. The van der Waals surface area contributed by atoms with Crippen LogP contribution in [0.2, 0.25) is 0 Å². The largest absolute Gasteiger partial charge is 0.364 e. The van der Waals surface area contributed by atoms with E-state index >= 15 is 0 Å². The van der Waals surface area contributed by atoms with Gasteiger partial charge in [-0.3, -0.25) is 0 Å². The first-order valence-electron chi connectivity index (χ1n) is 10.9. The number of nitrogens with one attached hydrogen (secondary N) is 3. The van der Waals surface area contributed by atoms with E-state index < -0.39 is 0 Å². The van der Waals surface area contributed by atoms with E-state index in [1.165, 1.54) is 4.80 Å². The lowest BCUT2D eigenvalue weighted by Gasteiger charge is -2.34. The summed E-state index contributed by atoms with van der Waals surface area (Å²) in [5.74, 6) is 2.20. The van der Waals surface area contributed by atoms with E-state index in [1.807, 2.05) is 0 Å². The van der Waals surface area contributed by atoms with Gasteiger partial charge in [-0.2, -0.15) is 14.9 Å². The first kappa shape index (κ1) is 25.9. The molecule has 1 saturated heterocycles. The molecule has 1 atom stereocenters. The Morgan fingerprint density at radius 3 is 2.59 bits per heavy atom. The topological polar surface area (TPSA) is 109 Å². The van der Waals surface area contributed by atoms with Gasteiger partial charge in [0.2, 0.25) is 5.95 Å². The predicted molar refractivity (Wildman–Crippen MR) is 135 cm³/mol. The smallest absolute Gasteiger partial charge is 0.230 e. The second kappa shape index (κ2) is 10.7. The molecule has 4 heterocycles. The number of pyridine rings is 1. The molecule has 2 aliphatic rings. The molecule has 1 aliphatic heterocycles. The molecule has 34 heavy (non-hydrogen) atoms. The number of hydrogen-bond donors (Lipinski definition) is 3. The zero-order valence-electron chi connectivity index (χ0n) is 19.2. The zero-order valence-corrected chi connectivity index (χ0v) is 20.9. The van der Waals surface area contributed by atoms with Crippen LogP contribution in [0, 0.1) is 12.7 Å². The van der Waals surface area contributed by atoms with Gasteiger partial charge in [0, 0.05) is 32.7 Å². The molecular formula is C21H29Cl2FN10. The molecule has 3 aromatic heterocycles. The fourth-order valence-electron chi connectivity index (χ4n) is 3.99. The van der Waals surface area contributed by atoms with Crippen molar-refractivity contribution in [2.24, 2.45) is 7.05 Å². The van der Waals surface area contributed by atoms with Crippen molar-refractivity contribution in [2.75, 3.05) is 35.2 Å². The first-order chi connectivity index (χ1) is 15.5. The van der Waals surface area contributed by atoms with E-state index in [-0.39, 0.29) is 36.5 Å². The number of aryl methyl sites for hydroxylation is 2. The summed E-state index contributed by atoms with van der Waals surface area (Å²) >= 11 is 0. The van der Waals surface area contributed by atoms with Gasteiger partial charge in [0.05, 0.1) is 23.8 Å². The Morgan fingerprint density at radius 1 is 1.12 bits per heavy atom. The van der Waals surface area contributed by atoms with Crippen molar-refractivity contribution in [1.29, 1.82) is 0 Å². The summed E-state index contributed by atoms with van der Waals surface area (Å²) in [4.78, 5) is 17.3. The summed E-state index contributed by atoms with van der Waals surface area (Å²) in [6, 6.07) is 2.13. The van der Waals surface area contributed by atoms with E-state index in [0.717, 1.165) is 38.2 Å². The summed E-state index contributed by atoms with van der Waals surface area (Å²) in [5.41, 5.74) is 1.97. The fraction of sp³-hybridized carbons (Fsp3) is 0.476. The number of halogens is 3. The molecule has 2 fully saturated rings. The van der Waals surface area contributed by atoms with Gasteiger partial charge >= 0.3 is 0 Å². The molecule has 0 spiro atoms. The fourth-order valence-corrected chi connectivity index (χ4v) is 3.99. The van der Waals surface area contributed by atoms with Crippen molar-refractivity contribution in [2.45, 2.75) is 38.6 Å². The molecule has 0 radical (unpaired) electrons. The van der Waals surface area contributed by atoms with Crippen LogP contribution in [0.15, 0.2) is 18.5 Å². The van der Waals surface area contributed by atoms with Crippen molar-refractivity contribution in [3.63, 3.8) is 0 Å². The van der Waals surface area contributed by atoms with Crippen LogP contribution in [-0.2, 0) is 7.05 Å². The van der Waals surface area contributed by atoms with Gasteiger partial charge in [-0.15, -0.1) is 29.9 Å². The van der Waals surface area contributed by atoms with Gasteiger partial charge in [-0.05, 0) is 44.2 Å². The van der Waals surface area contributed by atoms with Crippen LogP contribution in [0.3, 0.4) is 0 Å². The molecule has 184 valence electrons. The van der Waals surface area contributed by atoms with Crippen molar-refractivity contribution >= 4 is 53.9 Å². The van der Waals surface area contributed by atoms with Crippen LogP contribution in [-0.4, -0.2) is 55.6 Å². The Balaban J connectivity index is 0.00000162. The Kier molecular flexibility index (Phi) is 8.11. The highest BCUT2D eigenvalue weighted by Crippen LogP contribution is 2.42. The molecule has 1 unspecified atom stereocenters. The highest BCUT2D eigenvalue weighted by Gasteiger charge is 2.28. The van der Waals surface area contributed by atoms with Gasteiger partial charge in [0.1, 0.15) is 11.6 Å². The summed E-state index contributed by atoms with van der Waals surface area (Å²) in [6.45, 7) is 6.41. The van der Waals surface area contributed by atoms with E-state index in [9.17, 15) is 4.39 Å². The van der Waals surface area contributed by atoms with Crippen LogP contribution >= 0.6 is 24.8 Å². The minimum atomic E-state index is -0.216. The number of aromatic nitrogens is 6. The van der Waals surface area contributed by atoms with E-state index in [1.54, 1.807) is 32.4 Å². The standard InChI is InChI=1S/C21H27FN10.2ClH/c1-12-11-32(7-6-23-12)16-9-24-21(29-20(16)27-18-10-25-31(3)30-18)28-17-8-15(14-4-5-14)19(22)13(2)26-17;;/h8-10,12,14,23H,4-7,11H2,1-3H3,(H2,24,26,27,28,29,30);2*1H. The van der Waals surface area contributed by atoms with Gasteiger partial charge in [0.25, 0.3) is 0 Å². The maximum absolute atomic E-state index is 14.5. The number of rotatable bonds is 6. The second-order valence-corrected chi connectivity index (χ2v) is 8.47. The Labute approximate surface area is 210 Å². The van der Waals surface area contributed by atoms with Crippen molar-refractivity contribution < 1.29 is 4.39 Å². The molecule has 5 rings (SSSR count). The molecule has 3 N–H and O–H groups in total. The molecule has 13 heteroatoms. The Hall–Kier alpha value is -2.76. The van der Waals surface area contributed by atoms with Crippen molar-refractivity contribution in [1.82, 2.24) is 35.3 Å². The van der Waals surface area contributed by atoms with Crippen LogP contribution in [0.25, 0.3) is 0 Å². The minimum Gasteiger partial charge on any atom is -0.364 e. The number of nitrogens with zero attached hydrogens (tertiary/aromatic N) is 7. The van der Waals surface area contributed by atoms with Crippen LogP contribution in [0.5, 0.6) is 0 Å². The monoisotopic (exact) mass is 510 g/mol. The molecule has 3 aromatic rings. The summed E-state index contributed by atoms with van der Waals surface area (Å²) < 4.78 is 14.5. The molecule has 1 aliphatic carbocycles. The third-order valence-corrected chi connectivity index (χ3v) is 5.73. The van der Waals surface area contributed by atoms with E-state index in [0.29, 0.717) is 40.7 Å². The number of hydrogen-bond acceptors (Lipinski definition) is 9. The zero-order chi connectivity index (χ0) is 22.2. The average Bonchev–Trinajstić information content (AvgIpc) is 3.52. The minimum absolute atomic E-state index is 0. The summed E-state index contributed by atoms with van der Waals surface area (Å²) in [5, 5.41) is 18.3. The van der Waals surface area contributed by atoms with Gasteiger partial charge in [-0.1, -0.05) is 0 Å².